The molecule has 0 fully saturated rings. The number of aryl methyl sites for hydroxylation is 1. The first-order chi connectivity index (χ1) is 12.4. The third-order valence-electron chi connectivity index (χ3n) is 4.25. The van der Waals surface area contributed by atoms with Crippen LogP contribution >= 0.6 is 0 Å². The van der Waals surface area contributed by atoms with Gasteiger partial charge in [-0.25, -0.2) is 9.48 Å². The van der Waals surface area contributed by atoms with Gasteiger partial charge in [0.1, 0.15) is 0 Å². The van der Waals surface area contributed by atoms with Gasteiger partial charge in [-0.15, -0.1) is 0 Å². The SMILES string of the molecule is CN(C)C(CC(=N)c1nn(C)c(=O)n(C)c1=O)c1ccc(C(F)(F)F)cc1. The Balaban J connectivity index is 2.36. The first-order valence-electron chi connectivity index (χ1n) is 7.99. The van der Waals surface area contributed by atoms with Crippen molar-refractivity contribution in [3.05, 3.63) is 61.9 Å². The van der Waals surface area contributed by atoms with E-state index >= 15 is 0 Å². The molecule has 7 nitrogen and oxygen atoms in total. The van der Waals surface area contributed by atoms with Crippen LogP contribution in [-0.2, 0) is 20.3 Å². The van der Waals surface area contributed by atoms with Crippen LogP contribution in [0.4, 0.5) is 13.2 Å². The minimum absolute atomic E-state index is 0.0405. The largest absolute Gasteiger partial charge is 0.416 e. The fourth-order valence-electron chi connectivity index (χ4n) is 2.67. The van der Waals surface area contributed by atoms with E-state index < -0.39 is 29.0 Å². The van der Waals surface area contributed by atoms with Crippen molar-refractivity contribution in [1.82, 2.24) is 19.2 Å². The molecule has 1 aromatic carbocycles. The van der Waals surface area contributed by atoms with E-state index in [1.54, 1.807) is 19.0 Å². The molecular weight excluding hydrogens is 363 g/mol. The summed E-state index contributed by atoms with van der Waals surface area (Å²) in [6, 6.07) is 4.24. The predicted octanol–water partition coefficient (Wildman–Crippen LogP) is 1.56. The van der Waals surface area contributed by atoms with Gasteiger partial charge in [-0.3, -0.25) is 9.36 Å². The van der Waals surface area contributed by atoms with Gasteiger partial charge in [0, 0.05) is 26.6 Å². The van der Waals surface area contributed by atoms with E-state index in [-0.39, 0.29) is 17.8 Å². The van der Waals surface area contributed by atoms with Crippen LogP contribution in [0.15, 0.2) is 33.9 Å². The number of hydrogen-bond donors (Lipinski definition) is 1. The Morgan fingerprint density at radius 1 is 1.19 bits per heavy atom. The summed E-state index contributed by atoms with van der Waals surface area (Å²) in [5.41, 5.74) is -1.76. The second-order valence-electron chi connectivity index (χ2n) is 6.40. The predicted molar refractivity (Wildman–Crippen MR) is 94.0 cm³/mol. The van der Waals surface area contributed by atoms with Gasteiger partial charge >= 0.3 is 11.9 Å². The molecule has 2 rings (SSSR count). The lowest BCUT2D eigenvalue weighted by Gasteiger charge is -2.25. The highest BCUT2D eigenvalue weighted by Gasteiger charge is 2.30. The van der Waals surface area contributed by atoms with Crippen LogP contribution in [0.2, 0.25) is 0 Å². The number of hydrogen-bond acceptors (Lipinski definition) is 5. The molecule has 0 saturated heterocycles. The number of rotatable bonds is 5. The molecule has 1 aromatic heterocycles. The van der Waals surface area contributed by atoms with Crippen molar-refractivity contribution < 1.29 is 13.2 Å². The Kier molecular flexibility index (Phi) is 5.69. The Hall–Kier alpha value is -2.75. The van der Waals surface area contributed by atoms with Crippen LogP contribution in [-0.4, -0.2) is 39.1 Å². The van der Waals surface area contributed by atoms with Crippen LogP contribution in [0, 0.1) is 5.41 Å². The zero-order valence-electron chi connectivity index (χ0n) is 15.3. The molecule has 0 bridgehead atoms. The molecule has 1 N–H and O–H groups in total. The summed E-state index contributed by atoms with van der Waals surface area (Å²) in [7, 11) is 6.12. The summed E-state index contributed by atoms with van der Waals surface area (Å²) < 4.78 is 40.1. The van der Waals surface area contributed by atoms with Gasteiger partial charge in [-0.1, -0.05) is 12.1 Å². The van der Waals surface area contributed by atoms with Crippen LogP contribution in [0.5, 0.6) is 0 Å². The fraction of sp³-hybridized carbons (Fsp3) is 0.412. The van der Waals surface area contributed by atoms with Gasteiger partial charge in [0.2, 0.25) is 0 Å². The number of benzene rings is 1. The molecule has 1 heterocycles. The average molecular weight is 383 g/mol. The molecule has 0 aliphatic rings. The molecule has 0 aliphatic carbocycles. The highest BCUT2D eigenvalue weighted by Crippen LogP contribution is 2.31. The molecule has 0 saturated carbocycles. The fourth-order valence-corrected chi connectivity index (χ4v) is 2.67. The summed E-state index contributed by atoms with van der Waals surface area (Å²) in [4.78, 5) is 25.7. The van der Waals surface area contributed by atoms with Gasteiger partial charge < -0.3 is 10.3 Å². The smallest absolute Gasteiger partial charge is 0.303 e. The molecule has 27 heavy (non-hydrogen) atoms. The lowest BCUT2D eigenvalue weighted by Crippen LogP contribution is -2.42. The first-order valence-corrected chi connectivity index (χ1v) is 7.99. The summed E-state index contributed by atoms with van der Waals surface area (Å²) in [6.45, 7) is 0. The van der Waals surface area contributed by atoms with E-state index in [1.165, 1.54) is 26.2 Å². The van der Waals surface area contributed by atoms with Crippen molar-refractivity contribution in [1.29, 1.82) is 5.41 Å². The molecule has 146 valence electrons. The third kappa shape index (κ3) is 4.33. The summed E-state index contributed by atoms with van der Waals surface area (Å²) in [6.07, 6.45) is -4.39. The Labute approximate surface area is 153 Å². The quantitative estimate of drug-likeness (QED) is 0.795. The molecule has 0 radical (unpaired) electrons. The molecule has 0 spiro atoms. The highest BCUT2D eigenvalue weighted by molar-refractivity contribution is 5.96. The van der Waals surface area contributed by atoms with E-state index in [2.05, 4.69) is 5.10 Å². The average Bonchev–Trinajstić information content (AvgIpc) is 2.59. The zero-order chi connectivity index (χ0) is 20.5. The van der Waals surface area contributed by atoms with Crippen molar-refractivity contribution in [2.75, 3.05) is 14.1 Å². The molecule has 0 amide bonds. The summed E-state index contributed by atoms with van der Waals surface area (Å²) in [5, 5.41) is 12.1. The molecule has 10 heteroatoms. The van der Waals surface area contributed by atoms with Crippen molar-refractivity contribution in [2.45, 2.75) is 18.6 Å². The van der Waals surface area contributed by atoms with Gasteiger partial charge in [-0.05, 0) is 31.8 Å². The van der Waals surface area contributed by atoms with E-state index in [9.17, 15) is 22.8 Å². The van der Waals surface area contributed by atoms with Gasteiger partial charge in [0.15, 0.2) is 5.69 Å². The topological polar surface area (TPSA) is 84.0 Å². The maximum atomic E-state index is 12.7. The minimum Gasteiger partial charge on any atom is -0.303 e. The van der Waals surface area contributed by atoms with E-state index in [1.807, 2.05) is 0 Å². The van der Waals surface area contributed by atoms with Crippen LogP contribution in [0.25, 0.3) is 0 Å². The molecule has 1 unspecified atom stereocenters. The lowest BCUT2D eigenvalue weighted by molar-refractivity contribution is -0.137. The standard InChI is InChI=1S/C17H20F3N5O2/c1-23(2)13(10-5-7-11(8-6-10)17(18,19)20)9-12(21)14-15(26)24(3)16(27)25(4)22-14/h5-8,13,21H,9H2,1-4H3. The first kappa shape index (κ1) is 20.6. The summed E-state index contributed by atoms with van der Waals surface area (Å²) in [5.74, 6) is 0. The van der Waals surface area contributed by atoms with Gasteiger partial charge in [-0.2, -0.15) is 18.3 Å². The second-order valence-corrected chi connectivity index (χ2v) is 6.40. The minimum atomic E-state index is -4.43. The monoisotopic (exact) mass is 383 g/mol. The molecule has 2 aromatic rings. The second kappa shape index (κ2) is 7.47. The van der Waals surface area contributed by atoms with E-state index in [0.29, 0.717) is 5.56 Å². The summed E-state index contributed by atoms with van der Waals surface area (Å²) >= 11 is 0. The Morgan fingerprint density at radius 2 is 1.74 bits per heavy atom. The number of alkyl halides is 3. The number of nitrogens with one attached hydrogen (secondary N) is 1. The van der Waals surface area contributed by atoms with Crippen LogP contribution in [0.1, 0.15) is 29.3 Å². The number of halogens is 3. The molecule has 1 atom stereocenters. The molecule has 0 aliphatic heterocycles. The van der Waals surface area contributed by atoms with Crippen molar-refractivity contribution >= 4 is 5.71 Å². The van der Waals surface area contributed by atoms with Gasteiger partial charge in [0.05, 0.1) is 11.3 Å². The number of aromatic nitrogens is 3. The van der Waals surface area contributed by atoms with E-state index in [0.717, 1.165) is 21.4 Å². The third-order valence-corrected chi connectivity index (χ3v) is 4.25. The lowest BCUT2D eigenvalue weighted by atomic mass is 9.97. The van der Waals surface area contributed by atoms with E-state index in [4.69, 9.17) is 5.41 Å². The molecular formula is C17H20F3N5O2. The van der Waals surface area contributed by atoms with Crippen molar-refractivity contribution in [3.63, 3.8) is 0 Å². The maximum absolute atomic E-state index is 12.7. The van der Waals surface area contributed by atoms with Crippen LogP contribution in [0.3, 0.4) is 0 Å². The maximum Gasteiger partial charge on any atom is 0.416 e. The normalized spacial score (nSPS) is 13.0. The number of nitrogens with zero attached hydrogens (tertiary/aromatic N) is 4. The van der Waals surface area contributed by atoms with Crippen LogP contribution < -0.4 is 11.2 Å². The Morgan fingerprint density at radius 3 is 2.22 bits per heavy atom. The van der Waals surface area contributed by atoms with Crippen molar-refractivity contribution in [3.8, 4) is 0 Å². The zero-order valence-corrected chi connectivity index (χ0v) is 15.3. The highest BCUT2D eigenvalue weighted by atomic mass is 19.4. The van der Waals surface area contributed by atoms with Gasteiger partial charge in [0.25, 0.3) is 5.56 Å². The van der Waals surface area contributed by atoms with Crippen molar-refractivity contribution in [2.24, 2.45) is 14.1 Å². The Bertz CT molecular complexity index is 959.